The minimum absolute atomic E-state index is 0.0879. The number of hydrogen-bond donors (Lipinski definition) is 2. The predicted molar refractivity (Wildman–Crippen MR) is 164 cm³/mol. The molecule has 7 heteroatoms. The highest BCUT2D eigenvalue weighted by Crippen LogP contribution is 2.56. The summed E-state index contributed by atoms with van der Waals surface area (Å²) in [4.78, 5) is 17.3. The predicted octanol–water partition coefficient (Wildman–Crippen LogP) is 8.34. The lowest BCUT2D eigenvalue weighted by atomic mass is 9.59. The smallest absolute Gasteiger partial charge is 0.329 e. The molecule has 5 nitrogen and oxygen atoms in total. The van der Waals surface area contributed by atoms with Crippen molar-refractivity contribution in [2.45, 2.75) is 88.5 Å². The summed E-state index contributed by atoms with van der Waals surface area (Å²) in [7, 11) is 0. The summed E-state index contributed by atoms with van der Waals surface area (Å²) in [5.41, 5.74) is 4.35. The zero-order valence-electron chi connectivity index (χ0n) is 24.5. The second-order valence-corrected chi connectivity index (χ2v) is 13.4. The van der Waals surface area contributed by atoms with E-state index >= 15 is 0 Å². The number of aromatic nitrogens is 1. The number of carboxylic acid groups (broad SMARTS) is 1. The Hall–Kier alpha value is -3.12. The Morgan fingerprint density at radius 2 is 1.98 bits per heavy atom. The van der Waals surface area contributed by atoms with Crippen LogP contribution in [0.5, 0.6) is 5.75 Å². The van der Waals surface area contributed by atoms with Crippen LogP contribution < -0.4 is 10.1 Å². The van der Waals surface area contributed by atoms with Gasteiger partial charge in [0.15, 0.2) is 0 Å². The first-order valence-corrected chi connectivity index (χ1v) is 15.7. The maximum Gasteiger partial charge on any atom is 0.329 e. The van der Waals surface area contributed by atoms with E-state index in [1.54, 1.807) is 6.07 Å². The quantitative estimate of drug-likeness (QED) is 0.276. The minimum Gasteiger partial charge on any atom is -0.493 e. The fraction of sp³-hybridized carbons (Fsp3) is 0.486. The molecule has 1 heterocycles. The molecule has 0 radical (unpaired) electrons. The van der Waals surface area contributed by atoms with Crippen molar-refractivity contribution in [2.75, 3.05) is 11.9 Å². The third-order valence-corrected chi connectivity index (χ3v) is 10.5. The molecule has 1 aromatic heterocycles. The van der Waals surface area contributed by atoms with Gasteiger partial charge in [0.1, 0.15) is 17.1 Å². The van der Waals surface area contributed by atoms with Crippen LogP contribution in [0.1, 0.15) is 87.1 Å². The lowest BCUT2D eigenvalue weighted by Gasteiger charge is -2.47. The Balaban J connectivity index is 1.20. The monoisotopic (exact) mass is 590 g/mol. The van der Waals surface area contributed by atoms with Crippen molar-refractivity contribution in [1.82, 2.24) is 4.98 Å². The fourth-order valence-corrected chi connectivity index (χ4v) is 8.35. The van der Waals surface area contributed by atoms with Gasteiger partial charge in [-0.25, -0.2) is 9.18 Å². The highest BCUT2D eigenvalue weighted by molar-refractivity contribution is 6.30. The number of carboxylic acids is 1. The standard InChI is InChI=1S/C35H40ClFN2O3/c1-22(21-42-31-10-15-38-30-9-5-6-23(2)32(30)31)16-25-17-24-7-3-4-8-29(24)34(25)11-13-35(14-12-34,33(40)41)39-28-19-26(36)18-27(37)20-28/h3-4,7-8,10,15,18-20,22-23,25,39H,5-6,9,11-14,16-17,21H2,1-2H3,(H,40,41)/t22-,23-,25+,34?,35?/m1/s1. The summed E-state index contributed by atoms with van der Waals surface area (Å²) in [6.07, 6.45) is 9.66. The van der Waals surface area contributed by atoms with E-state index in [-0.39, 0.29) is 10.4 Å². The van der Waals surface area contributed by atoms with Gasteiger partial charge in [-0.1, -0.05) is 49.7 Å². The van der Waals surface area contributed by atoms with Crippen LogP contribution in [0.15, 0.2) is 54.7 Å². The van der Waals surface area contributed by atoms with Gasteiger partial charge in [-0.05, 0) is 116 Å². The van der Waals surface area contributed by atoms with Crippen LogP contribution in [-0.2, 0) is 23.1 Å². The number of benzene rings is 2. The van der Waals surface area contributed by atoms with E-state index in [2.05, 4.69) is 48.4 Å². The van der Waals surface area contributed by atoms with Crippen molar-refractivity contribution in [3.05, 3.63) is 88.0 Å². The second kappa shape index (κ2) is 11.5. The summed E-state index contributed by atoms with van der Waals surface area (Å²) in [5, 5.41) is 13.8. The van der Waals surface area contributed by atoms with E-state index in [0.717, 1.165) is 37.9 Å². The Morgan fingerprint density at radius 3 is 2.74 bits per heavy atom. The highest BCUT2D eigenvalue weighted by Gasteiger charge is 2.54. The number of fused-ring (bicyclic) bond motifs is 3. The van der Waals surface area contributed by atoms with E-state index in [1.807, 2.05) is 12.3 Å². The number of aryl methyl sites for hydroxylation is 1. The largest absolute Gasteiger partial charge is 0.493 e. The van der Waals surface area contributed by atoms with Crippen molar-refractivity contribution in [3.63, 3.8) is 0 Å². The average Bonchev–Trinajstić information content (AvgIpc) is 3.25. The summed E-state index contributed by atoms with van der Waals surface area (Å²) in [5.74, 6) is 0.791. The van der Waals surface area contributed by atoms with Gasteiger partial charge in [-0.2, -0.15) is 0 Å². The van der Waals surface area contributed by atoms with E-state index in [9.17, 15) is 14.3 Å². The zero-order chi connectivity index (χ0) is 29.5. The lowest BCUT2D eigenvalue weighted by Crippen LogP contribution is -2.53. The lowest BCUT2D eigenvalue weighted by molar-refractivity contribution is -0.144. The second-order valence-electron chi connectivity index (χ2n) is 13.0. The molecule has 222 valence electrons. The van der Waals surface area contributed by atoms with Gasteiger partial charge < -0.3 is 15.2 Å². The van der Waals surface area contributed by atoms with Crippen molar-refractivity contribution in [1.29, 1.82) is 0 Å². The molecule has 0 amide bonds. The number of nitrogens with zero attached hydrogens (tertiary/aromatic N) is 1. The first kappa shape index (κ1) is 29.0. The molecule has 42 heavy (non-hydrogen) atoms. The van der Waals surface area contributed by atoms with Crippen molar-refractivity contribution in [2.24, 2.45) is 11.8 Å². The molecule has 1 saturated carbocycles. The van der Waals surface area contributed by atoms with Gasteiger partial charge in [0, 0.05) is 28.2 Å². The Kier molecular flexibility index (Phi) is 7.95. The van der Waals surface area contributed by atoms with E-state index in [1.165, 1.54) is 47.4 Å². The van der Waals surface area contributed by atoms with Crippen molar-refractivity contribution in [3.8, 4) is 5.75 Å². The fourth-order valence-electron chi connectivity index (χ4n) is 8.12. The van der Waals surface area contributed by atoms with Crippen LogP contribution in [0.25, 0.3) is 0 Å². The molecule has 0 aliphatic heterocycles. The Bertz CT molecular complexity index is 1450. The van der Waals surface area contributed by atoms with Crippen molar-refractivity contribution >= 4 is 23.3 Å². The summed E-state index contributed by atoms with van der Waals surface area (Å²) < 4.78 is 20.6. The van der Waals surface area contributed by atoms with E-state index in [0.29, 0.717) is 42.9 Å². The molecule has 0 unspecified atom stereocenters. The number of rotatable bonds is 8. The molecule has 3 aromatic rings. The van der Waals surface area contributed by atoms with Crippen LogP contribution in [0.2, 0.25) is 5.02 Å². The van der Waals surface area contributed by atoms with Gasteiger partial charge in [-0.15, -0.1) is 0 Å². The molecule has 2 aromatic carbocycles. The number of hydrogen-bond acceptors (Lipinski definition) is 4. The SMILES string of the molecule is C[C@@H](COc1ccnc2c1[C@H](C)CCC2)C[C@H]1Cc2ccccc2C12CCC(Nc1cc(F)cc(Cl)c1)(C(=O)O)CC2. The van der Waals surface area contributed by atoms with Crippen LogP contribution in [0.4, 0.5) is 10.1 Å². The number of ether oxygens (including phenoxy) is 1. The first-order chi connectivity index (χ1) is 20.2. The molecule has 3 aliphatic rings. The first-order valence-electron chi connectivity index (χ1n) is 15.4. The number of nitrogens with one attached hydrogen (secondary N) is 1. The number of carbonyl (C=O) groups is 1. The van der Waals surface area contributed by atoms with Crippen molar-refractivity contribution < 1.29 is 19.0 Å². The molecule has 6 rings (SSSR count). The molecule has 3 atom stereocenters. The summed E-state index contributed by atoms with van der Waals surface area (Å²) >= 11 is 6.08. The third kappa shape index (κ3) is 5.39. The number of pyridine rings is 1. The third-order valence-electron chi connectivity index (χ3n) is 10.2. The summed E-state index contributed by atoms with van der Waals surface area (Å²) in [6.45, 7) is 5.19. The number of anilines is 1. The molecule has 3 aliphatic carbocycles. The summed E-state index contributed by atoms with van der Waals surface area (Å²) in [6, 6.07) is 14.8. The van der Waals surface area contributed by atoms with Crippen LogP contribution in [0.3, 0.4) is 0 Å². The molecule has 0 bridgehead atoms. The van der Waals surface area contributed by atoms with Crippen LogP contribution >= 0.6 is 11.6 Å². The van der Waals surface area contributed by atoms with Gasteiger partial charge >= 0.3 is 5.97 Å². The van der Waals surface area contributed by atoms with Gasteiger partial charge in [0.25, 0.3) is 0 Å². The number of aliphatic carboxylic acids is 1. The molecular weight excluding hydrogens is 551 g/mol. The molecule has 1 fully saturated rings. The van der Waals surface area contributed by atoms with Gasteiger partial charge in [0.05, 0.1) is 6.61 Å². The zero-order valence-corrected chi connectivity index (χ0v) is 25.2. The van der Waals surface area contributed by atoms with Crippen LogP contribution in [0, 0.1) is 17.7 Å². The average molecular weight is 591 g/mol. The molecule has 0 saturated heterocycles. The Morgan fingerprint density at radius 1 is 1.19 bits per heavy atom. The maximum absolute atomic E-state index is 14.1. The molecule has 1 spiro atoms. The van der Waals surface area contributed by atoms with E-state index < -0.39 is 17.3 Å². The maximum atomic E-state index is 14.1. The van der Waals surface area contributed by atoms with Crippen LogP contribution in [-0.4, -0.2) is 28.2 Å². The highest BCUT2D eigenvalue weighted by atomic mass is 35.5. The number of halogens is 2. The normalized spacial score (nSPS) is 27.2. The van der Waals surface area contributed by atoms with E-state index in [4.69, 9.17) is 16.3 Å². The van der Waals surface area contributed by atoms with Gasteiger partial charge in [0.2, 0.25) is 0 Å². The molecule has 2 N–H and O–H groups in total. The Labute approximate surface area is 252 Å². The molecular formula is C35H40ClFN2O3. The minimum atomic E-state index is -1.17. The van der Waals surface area contributed by atoms with Gasteiger partial charge in [-0.3, -0.25) is 4.98 Å². The topological polar surface area (TPSA) is 71.5 Å².